The Bertz CT molecular complexity index is 922. The number of hydrogen-bond acceptors (Lipinski definition) is 6. The van der Waals surface area contributed by atoms with Crippen LogP contribution in [0.4, 0.5) is 4.79 Å². The second kappa shape index (κ2) is 14.0. The van der Waals surface area contributed by atoms with Gasteiger partial charge in [-0.05, 0) is 51.2 Å². The summed E-state index contributed by atoms with van der Waals surface area (Å²) in [7, 11) is 0. The van der Waals surface area contributed by atoms with Crippen molar-refractivity contribution in [1.29, 1.82) is 0 Å². The van der Waals surface area contributed by atoms with Crippen LogP contribution in [-0.2, 0) is 25.5 Å². The molecule has 2 atom stereocenters. The number of rotatable bonds is 11. The SMILES string of the molecule is CCc1ccc(C(C(=O)NC2CCCCC2)N(CCO)C(=O)C(CC(N)=O)NC(=O)OC(C)(C)C)cc1. The third-order valence-electron chi connectivity index (χ3n) is 6.23. The predicted octanol–water partition coefficient (Wildman–Crippen LogP) is 2.33. The smallest absolute Gasteiger partial charge is 0.408 e. The van der Waals surface area contributed by atoms with Gasteiger partial charge in [0.2, 0.25) is 17.7 Å². The third-order valence-corrected chi connectivity index (χ3v) is 6.23. The van der Waals surface area contributed by atoms with Crippen LogP contribution in [0.3, 0.4) is 0 Å². The highest BCUT2D eigenvalue weighted by Crippen LogP contribution is 2.25. The van der Waals surface area contributed by atoms with E-state index in [9.17, 15) is 24.3 Å². The van der Waals surface area contributed by atoms with Gasteiger partial charge in [-0.25, -0.2) is 4.79 Å². The number of aliphatic hydroxyl groups is 1. The first-order chi connectivity index (χ1) is 17.4. The number of carbonyl (C=O) groups is 4. The molecule has 4 amide bonds. The number of amides is 4. The summed E-state index contributed by atoms with van der Waals surface area (Å²) in [5, 5.41) is 15.3. The van der Waals surface area contributed by atoms with Crippen LogP contribution in [0.1, 0.15) is 83.4 Å². The number of aryl methyl sites for hydroxylation is 1. The Morgan fingerprint density at radius 1 is 1.11 bits per heavy atom. The lowest BCUT2D eigenvalue weighted by molar-refractivity contribution is -0.144. The Balaban J connectivity index is 2.43. The number of alkyl carbamates (subject to hydrolysis) is 1. The average Bonchev–Trinajstić information content (AvgIpc) is 2.82. The zero-order valence-corrected chi connectivity index (χ0v) is 22.4. The van der Waals surface area contributed by atoms with Crippen LogP contribution in [0.15, 0.2) is 24.3 Å². The first-order valence-corrected chi connectivity index (χ1v) is 13.0. The molecule has 1 aliphatic rings. The molecule has 10 heteroatoms. The lowest BCUT2D eigenvalue weighted by atomic mass is 9.94. The van der Waals surface area contributed by atoms with Crippen molar-refractivity contribution < 1.29 is 29.0 Å². The lowest BCUT2D eigenvalue weighted by Crippen LogP contribution is -2.55. The molecule has 1 saturated carbocycles. The van der Waals surface area contributed by atoms with Crippen molar-refractivity contribution in [2.45, 2.75) is 96.4 Å². The van der Waals surface area contributed by atoms with Gasteiger partial charge in [-0.15, -0.1) is 0 Å². The standard InChI is InChI=1S/C27H42N4O6/c1-5-18-11-13-19(14-12-18)23(24(34)29-20-9-7-6-8-10-20)31(15-16-32)25(35)21(17-22(28)33)30-26(36)37-27(2,3)4/h11-14,20-21,23,32H,5-10,15-17H2,1-4H3,(H2,28,33)(H,29,34)(H,30,36). The number of primary amides is 1. The fraction of sp³-hybridized carbons (Fsp3) is 0.630. The van der Waals surface area contributed by atoms with E-state index in [0.717, 1.165) is 44.1 Å². The number of benzene rings is 1. The first kappa shape index (κ1) is 30.1. The summed E-state index contributed by atoms with van der Waals surface area (Å²) in [5.74, 6) is -1.91. The minimum Gasteiger partial charge on any atom is -0.444 e. The highest BCUT2D eigenvalue weighted by molar-refractivity contribution is 5.94. The van der Waals surface area contributed by atoms with Crippen LogP contribution in [0.2, 0.25) is 0 Å². The largest absolute Gasteiger partial charge is 0.444 e. The normalized spacial score (nSPS) is 15.8. The first-order valence-electron chi connectivity index (χ1n) is 13.0. The number of aliphatic hydroxyl groups excluding tert-OH is 1. The molecule has 2 unspecified atom stereocenters. The fourth-order valence-electron chi connectivity index (χ4n) is 4.46. The molecule has 0 heterocycles. The van der Waals surface area contributed by atoms with Crippen molar-refractivity contribution in [3.8, 4) is 0 Å². The van der Waals surface area contributed by atoms with Gasteiger partial charge in [0.15, 0.2) is 0 Å². The molecule has 0 spiro atoms. The highest BCUT2D eigenvalue weighted by atomic mass is 16.6. The van der Waals surface area contributed by atoms with Gasteiger partial charge in [0, 0.05) is 12.6 Å². The van der Waals surface area contributed by atoms with Crippen molar-refractivity contribution >= 4 is 23.8 Å². The van der Waals surface area contributed by atoms with Crippen molar-refractivity contribution in [2.24, 2.45) is 5.73 Å². The average molecular weight is 519 g/mol. The predicted molar refractivity (Wildman–Crippen MR) is 139 cm³/mol. The van der Waals surface area contributed by atoms with Gasteiger partial charge in [0.25, 0.3) is 0 Å². The number of nitrogens with zero attached hydrogens (tertiary/aromatic N) is 1. The highest BCUT2D eigenvalue weighted by Gasteiger charge is 2.37. The molecule has 10 nitrogen and oxygen atoms in total. The van der Waals surface area contributed by atoms with Gasteiger partial charge in [-0.1, -0.05) is 50.5 Å². The molecular formula is C27H42N4O6. The van der Waals surface area contributed by atoms with Gasteiger partial charge in [-0.3, -0.25) is 14.4 Å². The molecule has 37 heavy (non-hydrogen) atoms. The van der Waals surface area contributed by atoms with Gasteiger partial charge < -0.3 is 31.1 Å². The number of nitrogens with two attached hydrogens (primary N) is 1. The zero-order valence-electron chi connectivity index (χ0n) is 22.4. The molecule has 2 rings (SSSR count). The number of carbonyl (C=O) groups excluding carboxylic acids is 4. The van der Waals surface area contributed by atoms with Crippen LogP contribution >= 0.6 is 0 Å². The summed E-state index contributed by atoms with van der Waals surface area (Å²) in [6.07, 6.45) is 4.27. The van der Waals surface area contributed by atoms with Gasteiger partial charge in [-0.2, -0.15) is 0 Å². The Morgan fingerprint density at radius 2 is 1.73 bits per heavy atom. The summed E-state index contributed by atoms with van der Waals surface area (Å²) < 4.78 is 5.26. The number of nitrogens with one attached hydrogen (secondary N) is 2. The molecule has 1 aromatic carbocycles. The van der Waals surface area contributed by atoms with E-state index in [1.54, 1.807) is 32.9 Å². The second-order valence-corrected chi connectivity index (χ2v) is 10.5. The van der Waals surface area contributed by atoms with Crippen LogP contribution in [0.5, 0.6) is 0 Å². The molecule has 0 aromatic heterocycles. The Labute approximate surface area is 219 Å². The zero-order chi connectivity index (χ0) is 27.6. The summed E-state index contributed by atoms with van der Waals surface area (Å²) >= 11 is 0. The van der Waals surface area contributed by atoms with E-state index in [0.29, 0.717) is 5.56 Å². The van der Waals surface area contributed by atoms with E-state index in [-0.39, 0.29) is 18.5 Å². The third kappa shape index (κ3) is 9.68. The van der Waals surface area contributed by atoms with Crippen molar-refractivity contribution in [2.75, 3.05) is 13.2 Å². The molecule has 1 fully saturated rings. The monoisotopic (exact) mass is 518 g/mol. The summed E-state index contributed by atoms with van der Waals surface area (Å²) in [6.45, 7) is 6.40. The minimum absolute atomic E-state index is 0.00829. The van der Waals surface area contributed by atoms with Crippen LogP contribution < -0.4 is 16.4 Å². The minimum atomic E-state index is -1.38. The van der Waals surface area contributed by atoms with Crippen LogP contribution in [0.25, 0.3) is 0 Å². The van der Waals surface area contributed by atoms with E-state index >= 15 is 0 Å². The molecule has 0 aliphatic heterocycles. The second-order valence-electron chi connectivity index (χ2n) is 10.5. The van der Waals surface area contributed by atoms with E-state index in [1.165, 1.54) is 4.90 Å². The molecule has 1 aliphatic carbocycles. The maximum absolute atomic E-state index is 13.8. The Hall–Kier alpha value is -3.14. The van der Waals surface area contributed by atoms with Crippen LogP contribution in [-0.4, -0.2) is 64.7 Å². The lowest BCUT2D eigenvalue weighted by Gasteiger charge is -2.35. The van der Waals surface area contributed by atoms with Crippen LogP contribution in [0, 0.1) is 0 Å². The van der Waals surface area contributed by atoms with Gasteiger partial charge in [0.1, 0.15) is 17.7 Å². The van der Waals surface area contributed by atoms with Gasteiger partial charge >= 0.3 is 6.09 Å². The van der Waals surface area contributed by atoms with Crippen molar-refractivity contribution in [1.82, 2.24) is 15.5 Å². The van der Waals surface area contributed by atoms with E-state index in [4.69, 9.17) is 10.5 Å². The molecule has 0 bridgehead atoms. The number of hydrogen-bond donors (Lipinski definition) is 4. The molecule has 0 radical (unpaired) electrons. The maximum Gasteiger partial charge on any atom is 0.408 e. The Kier molecular flexibility index (Phi) is 11.4. The molecule has 206 valence electrons. The molecular weight excluding hydrogens is 476 g/mol. The van der Waals surface area contributed by atoms with E-state index < -0.39 is 48.6 Å². The Morgan fingerprint density at radius 3 is 2.24 bits per heavy atom. The fourth-order valence-corrected chi connectivity index (χ4v) is 4.46. The van der Waals surface area contributed by atoms with Crippen molar-refractivity contribution in [3.63, 3.8) is 0 Å². The topological polar surface area (TPSA) is 151 Å². The van der Waals surface area contributed by atoms with Gasteiger partial charge in [0.05, 0.1) is 13.0 Å². The molecule has 1 aromatic rings. The number of ether oxygens (including phenoxy) is 1. The van der Waals surface area contributed by atoms with E-state index in [1.807, 2.05) is 19.1 Å². The molecule has 5 N–H and O–H groups in total. The maximum atomic E-state index is 13.8. The molecule has 0 saturated heterocycles. The van der Waals surface area contributed by atoms with E-state index in [2.05, 4.69) is 10.6 Å². The summed E-state index contributed by atoms with van der Waals surface area (Å²) in [5.41, 5.74) is 6.17. The summed E-state index contributed by atoms with van der Waals surface area (Å²) in [4.78, 5) is 52.9. The summed E-state index contributed by atoms with van der Waals surface area (Å²) in [6, 6.07) is 4.88. The van der Waals surface area contributed by atoms with Crippen molar-refractivity contribution in [3.05, 3.63) is 35.4 Å². The quantitative estimate of drug-likeness (QED) is 0.353.